The number of nitrogens with two attached hydrogens (primary N) is 1. The summed E-state index contributed by atoms with van der Waals surface area (Å²) in [6, 6.07) is 9.69. The van der Waals surface area contributed by atoms with Crippen LogP contribution in [0.15, 0.2) is 30.3 Å². The fourth-order valence-electron chi connectivity index (χ4n) is 2.69. The third-order valence-corrected chi connectivity index (χ3v) is 3.93. The summed E-state index contributed by atoms with van der Waals surface area (Å²) in [7, 11) is 0. The Morgan fingerprint density at radius 1 is 0.952 bits per heavy atom. The standard InChI is InChI=1S/C17H18ClNO2/c1-10-5-11(2)7-12(6-10)17(19)13-8-15-16(9-14(13)18)21-4-3-20-15/h5-9,17H,3-4,19H2,1-2H3. The minimum atomic E-state index is -0.285. The summed E-state index contributed by atoms with van der Waals surface area (Å²) in [5, 5.41) is 0.603. The van der Waals surface area contributed by atoms with Gasteiger partial charge in [-0.15, -0.1) is 0 Å². The van der Waals surface area contributed by atoms with E-state index in [4.69, 9.17) is 26.8 Å². The smallest absolute Gasteiger partial charge is 0.162 e. The first-order valence-corrected chi connectivity index (χ1v) is 7.35. The average Bonchev–Trinajstić information content (AvgIpc) is 2.44. The summed E-state index contributed by atoms with van der Waals surface area (Å²) >= 11 is 6.37. The Kier molecular flexibility index (Phi) is 3.79. The number of hydrogen-bond donors (Lipinski definition) is 1. The number of rotatable bonds is 2. The van der Waals surface area contributed by atoms with Crippen LogP contribution in [0.3, 0.4) is 0 Å². The Labute approximate surface area is 129 Å². The second-order valence-electron chi connectivity index (χ2n) is 5.42. The molecule has 1 aliphatic heterocycles. The zero-order valence-corrected chi connectivity index (χ0v) is 12.9. The van der Waals surface area contributed by atoms with Gasteiger partial charge in [0.2, 0.25) is 0 Å². The van der Waals surface area contributed by atoms with Crippen molar-refractivity contribution in [2.24, 2.45) is 5.73 Å². The Balaban J connectivity index is 2.02. The van der Waals surface area contributed by atoms with Crippen LogP contribution in [-0.4, -0.2) is 13.2 Å². The SMILES string of the molecule is Cc1cc(C)cc(C(N)c2cc3c(cc2Cl)OCCO3)c1. The number of hydrogen-bond acceptors (Lipinski definition) is 3. The largest absolute Gasteiger partial charge is 0.486 e. The summed E-state index contributed by atoms with van der Waals surface area (Å²) in [6.45, 7) is 5.22. The summed E-state index contributed by atoms with van der Waals surface area (Å²) in [4.78, 5) is 0. The van der Waals surface area contributed by atoms with Crippen LogP contribution < -0.4 is 15.2 Å². The molecule has 1 unspecified atom stereocenters. The summed E-state index contributed by atoms with van der Waals surface area (Å²) in [5.74, 6) is 1.39. The fourth-order valence-corrected chi connectivity index (χ4v) is 2.96. The molecule has 3 rings (SSSR count). The molecule has 0 aromatic heterocycles. The topological polar surface area (TPSA) is 44.5 Å². The monoisotopic (exact) mass is 303 g/mol. The highest BCUT2D eigenvalue weighted by Crippen LogP contribution is 2.38. The third-order valence-electron chi connectivity index (χ3n) is 3.60. The lowest BCUT2D eigenvalue weighted by Crippen LogP contribution is -2.17. The maximum Gasteiger partial charge on any atom is 0.162 e. The van der Waals surface area contributed by atoms with E-state index in [0.717, 1.165) is 11.1 Å². The van der Waals surface area contributed by atoms with Crippen LogP contribution in [0, 0.1) is 13.8 Å². The predicted molar refractivity (Wildman–Crippen MR) is 84.4 cm³/mol. The predicted octanol–water partition coefficient (Wildman–Crippen LogP) is 3.78. The lowest BCUT2D eigenvalue weighted by atomic mass is 9.96. The molecule has 0 saturated heterocycles. The molecule has 0 amide bonds. The lowest BCUT2D eigenvalue weighted by molar-refractivity contribution is 0.171. The number of halogens is 1. The number of ether oxygens (including phenoxy) is 2. The molecular formula is C17H18ClNO2. The van der Waals surface area contributed by atoms with E-state index in [9.17, 15) is 0 Å². The molecule has 3 nitrogen and oxygen atoms in total. The molecule has 2 aromatic rings. The van der Waals surface area contributed by atoms with Crippen molar-refractivity contribution in [3.63, 3.8) is 0 Å². The molecule has 1 aliphatic rings. The van der Waals surface area contributed by atoms with E-state index in [0.29, 0.717) is 29.7 Å². The maximum absolute atomic E-state index is 6.41. The first-order valence-electron chi connectivity index (χ1n) is 6.97. The zero-order valence-electron chi connectivity index (χ0n) is 12.2. The average molecular weight is 304 g/mol. The van der Waals surface area contributed by atoms with Gasteiger partial charge in [-0.25, -0.2) is 0 Å². The van der Waals surface area contributed by atoms with Crippen LogP contribution in [-0.2, 0) is 0 Å². The van der Waals surface area contributed by atoms with Gasteiger partial charge in [0.25, 0.3) is 0 Å². The Hall–Kier alpha value is -1.71. The van der Waals surface area contributed by atoms with Gasteiger partial charge in [0.05, 0.1) is 6.04 Å². The molecule has 21 heavy (non-hydrogen) atoms. The second kappa shape index (κ2) is 5.58. The fraction of sp³-hybridized carbons (Fsp3) is 0.294. The van der Waals surface area contributed by atoms with E-state index >= 15 is 0 Å². The normalized spacial score (nSPS) is 14.9. The van der Waals surface area contributed by atoms with E-state index in [1.165, 1.54) is 11.1 Å². The molecule has 0 aliphatic carbocycles. The van der Waals surface area contributed by atoms with Crippen LogP contribution in [0.25, 0.3) is 0 Å². The van der Waals surface area contributed by atoms with E-state index in [1.807, 2.05) is 6.07 Å². The molecule has 0 fully saturated rings. The minimum Gasteiger partial charge on any atom is -0.486 e. The van der Waals surface area contributed by atoms with Gasteiger partial charge < -0.3 is 15.2 Å². The third kappa shape index (κ3) is 2.85. The molecule has 110 valence electrons. The molecule has 0 saturated carbocycles. The molecule has 2 aromatic carbocycles. The van der Waals surface area contributed by atoms with Crippen molar-refractivity contribution >= 4 is 11.6 Å². The molecule has 1 atom stereocenters. The van der Waals surface area contributed by atoms with Gasteiger partial charge in [-0.05, 0) is 31.0 Å². The minimum absolute atomic E-state index is 0.285. The van der Waals surface area contributed by atoms with Crippen LogP contribution in [0.4, 0.5) is 0 Å². The maximum atomic E-state index is 6.41. The van der Waals surface area contributed by atoms with Gasteiger partial charge in [0, 0.05) is 11.1 Å². The first-order chi connectivity index (χ1) is 10.0. The van der Waals surface area contributed by atoms with E-state index in [-0.39, 0.29) is 6.04 Å². The van der Waals surface area contributed by atoms with Crippen molar-refractivity contribution in [2.75, 3.05) is 13.2 Å². The molecule has 0 radical (unpaired) electrons. The van der Waals surface area contributed by atoms with E-state index in [2.05, 4.69) is 32.0 Å². The van der Waals surface area contributed by atoms with Crippen LogP contribution in [0.1, 0.15) is 28.3 Å². The number of benzene rings is 2. The Morgan fingerprint density at radius 3 is 2.14 bits per heavy atom. The number of fused-ring (bicyclic) bond motifs is 1. The quantitative estimate of drug-likeness (QED) is 0.918. The van der Waals surface area contributed by atoms with Gasteiger partial charge in [0.1, 0.15) is 13.2 Å². The van der Waals surface area contributed by atoms with Crippen LogP contribution in [0.2, 0.25) is 5.02 Å². The van der Waals surface area contributed by atoms with Crippen molar-refractivity contribution in [2.45, 2.75) is 19.9 Å². The van der Waals surface area contributed by atoms with Gasteiger partial charge in [-0.3, -0.25) is 0 Å². The summed E-state index contributed by atoms with van der Waals surface area (Å²) in [6.07, 6.45) is 0. The lowest BCUT2D eigenvalue weighted by Gasteiger charge is -2.22. The molecule has 1 heterocycles. The second-order valence-corrected chi connectivity index (χ2v) is 5.82. The van der Waals surface area contributed by atoms with Gasteiger partial charge in [-0.1, -0.05) is 40.9 Å². The van der Waals surface area contributed by atoms with Crippen molar-refractivity contribution in [3.8, 4) is 11.5 Å². The number of aryl methyl sites for hydroxylation is 2. The summed E-state index contributed by atoms with van der Waals surface area (Å²) < 4.78 is 11.1. The highest BCUT2D eigenvalue weighted by molar-refractivity contribution is 6.31. The first kappa shape index (κ1) is 14.2. The highest BCUT2D eigenvalue weighted by Gasteiger charge is 2.19. The molecule has 2 N–H and O–H groups in total. The molecular weight excluding hydrogens is 286 g/mol. The zero-order chi connectivity index (χ0) is 15.0. The molecule has 0 bridgehead atoms. The van der Waals surface area contributed by atoms with Crippen molar-refractivity contribution < 1.29 is 9.47 Å². The van der Waals surface area contributed by atoms with E-state index in [1.54, 1.807) is 6.07 Å². The Morgan fingerprint density at radius 2 is 1.52 bits per heavy atom. The highest BCUT2D eigenvalue weighted by atomic mass is 35.5. The van der Waals surface area contributed by atoms with Gasteiger partial charge in [-0.2, -0.15) is 0 Å². The summed E-state index contributed by atoms with van der Waals surface area (Å²) in [5.41, 5.74) is 10.7. The van der Waals surface area contributed by atoms with Crippen LogP contribution in [0.5, 0.6) is 11.5 Å². The molecule has 4 heteroatoms. The van der Waals surface area contributed by atoms with Crippen molar-refractivity contribution in [1.82, 2.24) is 0 Å². The van der Waals surface area contributed by atoms with Gasteiger partial charge >= 0.3 is 0 Å². The Bertz CT molecular complexity index is 664. The molecule has 0 spiro atoms. The van der Waals surface area contributed by atoms with E-state index < -0.39 is 0 Å². The van der Waals surface area contributed by atoms with Crippen molar-refractivity contribution in [1.29, 1.82) is 0 Å². The van der Waals surface area contributed by atoms with Gasteiger partial charge in [0.15, 0.2) is 11.5 Å². The van der Waals surface area contributed by atoms with Crippen molar-refractivity contribution in [3.05, 3.63) is 57.6 Å². The van der Waals surface area contributed by atoms with Crippen LogP contribution >= 0.6 is 11.6 Å².